The van der Waals surface area contributed by atoms with E-state index in [0.29, 0.717) is 0 Å². The van der Waals surface area contributed by atoms with Crippen molar-refractivity contribution < 1.29 is 62.5 Å². The molecule has 0 spiro atoms. The van der Waals surface area contributed by atoms with Crippen LogP contribution in [0.15, 0.2) is 0 Å². The molecule has 10 heteroatoms. The van der Waals surface area contributed by atoms with Gasteiger partial charge in [0.2, 0.25) is 0 Å². The molecule has 0 aromatic rings. The summed E-state index contributed by atoms with van der Waals surface area (Å²) in [5.41, 5.74) is -0.859. The van der Waals surface area contributed by atoms with E-state index in [9.17, 15) is 28.2 Å². The van der Waals surface area contributed by atoms with Gasteiger partial charge in [0.25, 0.3) is 0 Å². The number of aliphatic hydroxyl groups is 1. The third kappa shape index (κ3) is 10.4. The van der Waals surface area contributed by atoms with Gasteiger partial charge in [-0.25, -0.2) is 13.2 Å². The van der Waals surface area contributed by atoms with Crippen LogP contribution in [0.25, 0.3) is 0 Å². The van der Waals surface area contributed by atoms with Crippen molar-refractivity contribution in [3.63, 3.8) is 0 Å². The van der Waals surface area contributed by atoms with E-state index in [-0.39, 0.29) is 29.6 Å². The molecule has 0 aromatic heterocycles. The van der Waals surface area contributed by atoms with Gasteiger partial charge >= 0.3 is 35.7 Å². The Morgan fingerprint density at radius 1 is 1.35 bits per heavy atom. The second kappa shape index (κ2) is 8.18. The summed E-state index contributed by atoms with van der Waals surface area (Å²) < 4.78 is 26.7. The van der Waals surface area contributed by atoms with Gasteiger partial charge in [0.15, 0.2) is 0 Å². The Hall–Kier alpha value is -0.350. The molecule has 2 atom stereocenters. The van der Waals surface area contributed by atoms with E-state index in [2.05, 4.69) is 0 Å². The van der Waals surface area contributed by atoms with Crippen LogP contribution in [0.3, 0.4) is 0 Å². The topological polar surface area (TPSA) is 133 Å². The van der Waals surface area contributed by atoms with E-state index in [1.165, 1.54) is 0 Å². The van der Waals surface area contributed by atoms with Crippen molar-refractivity contribution in [3.8, 4) is 0 Å². The summed E-state index contributed by atoms with van der Waals surface area (Å²) in [6.07, 6.45) is -2.09. The first kappa shape index (κ1) is 21.9. The van der Waals surface area contributed by atoms with Gasteiger partial charge in [-0.3, -0.25) is 0 Å². The minimum atomic E-state index is -3.61. The molecule has 1 amide bonds. The van der Waals surface area contributed by atoms with Gasteiger partial charge in [0.1, 0.15) is 15.4 Å². The van der Waals surface area contributed by atoms with E-state index in [0.717, 1.165) is 6.26 Å². The first-order valence-electron chi connectivity index (χ1n) is 5.38. The van der Waals surface area contributed by atoms with E-state index in [1.54, 1.807) is 20.8 Å². The summed E-state index contributed by atoms with van der Waals surface area (Å²) in [7, 11) is -3.61. The van der Waals surface area contributed by atoms with Gasteiger partial charge in [-0.15, -0.1) is 0 Å². The Morgan fingerprint density at radius 3 is 2.10 bits per heavy atom. The molecule has 0 saturated carbocycles. The third-order valence-electron chi connectivity index (χ3n) is 1.78. The third-order valence-corrected chi connectivity index (χ3v) is 2.73. The largest absolute Gasteiger partial charge is 1.00 e. The zero-order chi connectivity index (χ0) is 15.4. The molecule has 0 rings (SSSR count). The first-order valence-corrected chi connectivity index (χ1v) is 7.44. The normalized spacial score (nSPS) is 14.7. The van der Waals surface area contributed by atoms with E-state index < -0.39 is 45.4 Å². The van der Waals surface area contributed by atoms with Crippen LogP contribution >= 0.6 is 0 Å². The van der Waals surface area contributed by atoms with Crippen LogP contribution in [0.5, 0.6) is 0 Å². The minimum Gasteiger partial charge on any atom is -0.548 e. The molecule has 20 heavy (non-hydrogen) atoms. The maximum atomic E-state index is 11.4. The van der Waals surface area contributed by atoms with Gasteiger partial charge in [-0.1, -0.05) is 0 Å². The molecule has 0 aliphatic rings. The fraction of sp³-hybridized carbons (Fsp3) is 0.800. The number of nitrogens with one attached hydrogen (secondary N) is 1. The maximum Gasteiger partial charge on any atom is 1.00 e. The van der Waals surface area contributed by atoms with Crippen LogP contribution in [0.2, 0.25) is 0 Å². The van der Waals surface area contributed by atoms with Crippen LogP contribution in [-0.2, 0) is 19.4 Å². The summed E-state index contributed by atoms with van der Waals surface area (Å²) >= 11 is 0. The van der Waals surface area contributed by atoms with Crippen molar-refractivity contribution in [2.75, 3.05) is 12.0 Å². The zero-order valence-corrected chi connectivity index (χ0v) is 15.0. The monoisotopic (exact) mass is 319 g/mol. The Bertz CT molecular complexity index is 443. The number of aliphatic carboxylic acids is 1. The molecule has 8 nitrogen and oxygen atoms in total. The average molecular weight is 319 g/mol. The fourth-order valence-corrected chi connectivity index (χ4v) is 1.97. The number of sulfone groups is 1. The number of alkyl carbamates (subject to hydrolysis) is 1. The number of carboxylic acids is 1. The summed E-state index contributed by atoms with van der Waals surface area (Å²) in [6.45, 7) is 4.69. The van der Waals surface area contributed by atoms with Gasteiger partial charge in [0, 0.05) is 6.26 Å². The standard InChI is InChI=1S/C10H19NO7S.Na/c1-10(2,3)18-9(15)11-7(8(13)14)6(12)5-19(4,16)17;/h6-7,12H,5H2,1-4H3,(H,11,15)(H,13,14);/q;+1/p-1. The second-order valence-electron chi connectivity index (χ2n) is 5.10. The van der Waals surface area contributed by atoms with Crippen LogP contribution in [-0.4, -0.2) is 55.3 Å². The molecular formula is C10H18NNaO7S. The number of hydrogen-bond acceptors (Lipinski definition) is 7. The van der Waals surface area contributed by atoms with Crippen LogP contribution < -0.4 is 40.0 Å². The minimum absolute atomic E-state index is 0. The predicted molar refractivity (Wildman–Crippen MR) is 63.9 cm³/mol. The molecule has 0 aromatic carbocycles. The number of rotatable bonds is 5. The molecular weight excluding hydrogens is 301 g/mol. The predicted octanol–water partition coefficient (Wildman–Crippen LogP) is -4.96. The quantitative estimate of drug-likeness (QED) is 0.485. The van der Waals surface area contributed by atoms with Gasteiger partial charge in [-0.05, 0) is 20.8 Å². The molecule has 112 valence electrons. The molecule has 2 unspecified atom stereocenters. The van der Waals surface area contributed by atoms with E-state index in [1.807, 2.05) is 5.32 Å². The molecule has 2 N–H and O–H groups in total. The Morgan fingerprint density at radius 2 is 1.80 bits per heavy atom. The molecule has 0 aliphatic carbocycles. The Balaban J connectivity index is 0. The van der Waals surface area contributed by atoms with Gasteiger partial charge in [-0.2, -0.15) is 0 Å². The Kier molecular flexibility index (Phi) is 8.97. The second-order valence-corrected chi connectivity index (χ2v) is 7.29. The summed E-state index contributed by atoms with van der Waals surface area (Å²) in [4.78, 5) is 22.2. The van der Waals surface area contributed by atoms with Crippen LogP contribution in [0, 0.1) is 0 Å². The number of amides is 1. The number of aliphatic hydroxyl groups excluding tert-OH is 1. The van der Waals surface area contributed by atoms with Crippen molar-refractivity contribution in [3.05, 3.63) is 0 Å². The summed E-state index contributed by atoms with van der Waals surface area (Å²) in [6, 6.07) is -1.87. The van der Waals surface area contributed by atoms with E-state index in [4.69, 9.17) is 4.74 Å². The summed E-state index contributed by atoms with van der Waals surface area (Å²) in [5.74, 6) is -2.62. The number of hydrogen-bond donors (Lipinski definition) is 2. The number of carboxylic acid groups (broad SMARTS) is 1. The zero-order valence-electron chi connectivity index (χ0n) is 12.2. The molecule has 0 aliphatic heterocycles. The number of carbonyl (C=O) groups excluding carboxylic acids is 2. The first-order chi connectivity index (χ1) is 8.32. The molecule has 0 radical (unpaired) electrons. The fourth-order valence-electron chi connectivity index (χ4n) is 1.15. The van der Waals surface area contributed by atoms with Crippen LogP contribution in [0.1, 0.15) is 20.8 Å². The SMILES string of the molecule is CC(C)(C)OC(=O)NC(C(=O)[O-])C(O)CS(C)(=O)=O.[Na+]. The smallest absolute Gasteiger partial charge is 0.548 e. The van der Waals surface area contributed by atoms with Crippen molar-refractivity contribution in [1.82, 2.24) is 5.32 Å². The maximum absolute atomic E-state index is 11.4. The van der Waals surface area contributed by atoms with Crippen LogP contribution in [0.4, 0.5) is 4.79 Å². The van der Waals surface area contributed by atoms with Gasteiger partial charge in [0.05, 0.1) is 23.9 Å². The molecule has 0 saturated heterocycles. The van der Waals surface area contributed by atoms with Crippen molar-refractivity contribution in [2.45, 2.75) is 38.5 Å². The number of carbonyl (C=O) groups is 2. The summed E-state index contributed by atoms with van der Waals surface area (Å²) in [5, 5.41) is 22.1. The van der Waals surface area contributed by atoms with E-state index >= 15 is 0 Å². The molecule has 0 bridgehead atoms. The van der Waals surface area contributed by atoms with Crippen molar-refractivity contribution >= 4 is 21.9 Å². The van der Waals surface area contributed by atoms with Crippen molar-refractivity contribution in [1.29, 1.82) is 0 Å². The number of ether oxygens (including phenoxy) is 1. The Labute approximate surface area is 140 Å². The van der Waals surface area contributed by atoms with Gasteiger partial charge < -0.3 is 25.1 Å². The molecule has 0 fully saturated rings. The average Bonchev–Trinajstić information content (AvgIpc) is 2.07. The van der Waals surface area contributed by atoms with Crippen molar-refractivity contribution in [2.24, 2.45) is 0 Å². The molecule has 0 heterocycles.